The summed E-state index contributed by atoms with van der Waals surface area (Å²) in [5.41, 5.74) is 0. The molecule has 11 heteroatoms. The van der Waals surface area contributed by atoms with Gasteiger partial charge >= 0.3 is 0 Å². The Balaban J connectivity index is 2.30. The van der Waals surface area contributed by atoms with Gasteiger partial charge in [-0.15, -0.1) is 0 Å². The largest absolute Gasteiger partial charge is 0.394 e. The summed E-state index contributed by atoms with van der Waals surface area (Å²) in [6.45, 7) is 3.44. The first kappa shape index (κ1) is 63.6. The van der Waals surface area contributed by atoms with Gasteiger partial charge in [0.15, 0.2) is 6.29 Å². The standard InChI is InChI=1S/C56H107NO10/c1-3-5-7-9-11-13-15-17-19-20-21-22-23-24-25-26-27-28-30-32-34-36-38-40-42-44-49(60)55(65)57-47(46-66-56-54(64)53(63)52(62)50(45-58)67-56)51(61)48(59)43-41-39-37-35-33-31-29-18-16-14-12-10-8-6-4-2/h18,29,35,37,47-54,56,58-64H,3-17,19-28,30-34,36,38-46H2,1-2H3,(H,57,65)/b29-18+,37-35+. The summed E-state index contributed by atoms with van der Waals surface area (Å²) in [5, 5.41) is 76.0. The van der Waals surface area contributed by atoms with Crippen molar-refractivity contribution in [2.75, 3.05) is 13.2 Å². The lowest BCUT2D eigenvalue weighted by Gasteiger charge is -2.40. The molecule has 8 N–H and O–H groups in total. The second-order valence-corrected chi connectivity index (χ2v) is 20.0. The first-order valence-electron chi connectivity index (χ1n) is 28.2. The molecular weight excluding hydrogens is 847 g/mol. The molecule has 0 spiro atoms. The van der Waals surface area contributed by atoms with E-state index < -0.39 is 74.2 Å². The average Bonchev–Trinajstić information content (AvgIpc) is 3.33. The van der Waals surface area contributed by atoms with Crippen LogP contribution in [0.2, 0.25) is 0 Å². The third kappa shape index (κ3) is 34.5. The molecule has 1 amide bonds. The molecule has 1 rings (SSSR count). The first-order valence-corrected chi connectivity index (χ1v) is 28.2. The van der Waals surface area contributed by atoms with E-state index in [1.54, 1.807) is 0 Å². The fourth-order valence-corrected chi connectivity index (χ4v) is 9.11. The quantitative estimate of drug-likeness (QED) is 0.0215. The number of carbonyl (C=O) groups is 1. The number of hydrogen-bond acceptors (Lipinski definition) is 10. The molecule has 0 aromatic carbocycles. The van der Waals surface area contributed by atoms with Gasteiger partial charge in [0.1, 0.15) is 36.6 Å². The van der Waals surface area contributed by atoms with Gasteiger partial charge in [-0.05, 0) is 51.4 Å². The number of aliphatic hydroxyl groups is 7. The smallest absolute Gasteiger partial charge is 0.249 e. The minimum absolute atomic E-state index is 0.248. The maximum atomic E-state index is 13.2. The highest BCUT2D eigenvalue weighted by atomic mass is 16.7. The van der Waals surface area contributed by atoms with Crippen molar-refractivity contribution in [3.63, 3.8) is 0 Å². The van der Waals surface area contributed by atoms with Crippen LogP contribution in [0.5, 0.6) is 0 Å². The van der Waals surface area contributed by atoms with Crippen LogP contribution in [0.1, 0.15) is 258 Å². The summed E-state index contributed by atoms with van der Waals surface area (Å²) in [6, 6.07) is -1.19. The summed E-state index contributed by atoms with van der Waals surface area (Å²) in [4.78, 5) is 13.2. The molecule has 0 aromatic heterocycles. The molecule has 1 aliphatic heterocycles. The molecule has 11 nitrogen and oxygen atoms in total. The average molecular weight is 954 g/mol. The molecule has 0 saturated carbocycles. The van der Waals surface area contributed by atoms with Crippen LogP contribution < -0.4 is 5.32 Å². The molecular formula is C56H107NO10. The highest BCUT2D eigenvalue weighted by Crippen LogP contribution is 2.23. The number of unbranched alkanes of at least 4 members (excludes halogenated alkanes) is 32. The Morgan fingerprint density at radius 1 is 0.507 bits per heavy atom. The minimum atomic E-state index is -1.67. The number of amides is 1. The van der Waals surface area contributed by atoms with Crippen molar-refractivity contribution in [3.8, 4) is 0 Å². The number of allylic oxidation sites excluding steroid dienone is 4. The minimum Gasteiger partial charge on any atom is -0.394 e. The monoisotopic (exact) mass is 954 g/mol. The van der Waals surface area contributed by atoms with Gasteiger partial charge in [0, 0.05) is 0 Å². The van der Waals surface area contributed by atoms with E-state index in [0.29, 0.717) is 19.3 Å². The summed E-state index contributed by atoms with van der Waals surface area (Å²) >= 11 is 0. The molecule has 0 aliphatic carbocycles. The molecule has 1 aliphatic rings. The van der Waals surface area contributed by atoms with Crippen molar-refractivity contribution in [1.29, 1.82) is 0 Å². The molecule has 0 aromatic rings. The van der Waals surface area contributed by atoms with Gasteiger partial charge in [-0.1, -0.05) is 231 Å². The molecule has 1 saturated heterocycles. The molecule has 9 atom stereocenters. The number of nitrogens with one attached hydrogen (secondary N) is 1. The molecule has 396 valence electrons. The second kappa shape index (κ2) is 45.7. The number of rotatable bonds is 48. The van der Waals surface area contributed by atoms with Gasteiger partial charge in [-0.3, -0.25) is 4.79 Å². The first-order chi connectivity index (χ1) is 32.7. The normalized spacial score (nSPS) is 20.8. The van der Waals surface area contributed by atoms with E-state index in [2.05, 4.69) is 43.5 Å². The van der Waals surface area contributed by atoms with Crippen molar-refractivity contribution in [3.05, 3.63) is 24.3 Å². The van der Waals surface area contributed by atoms with Gasteiger partial charge in [0.2, 0.25) is 5.91 Å². The van der Waals surface area contributed by atoms with E-state index in [-0.39, 0.29) is 12.8 Å². The summed E-state index contributed by atoms with van der Waals surface area (Å²) in [5.74, 6) is -0.707. The third-order valence-electron chi connectivity index (χ3n) is 13.7. The number of carbonyl (C=O) groups excluding carboxylic acids is 1. The van der Waals surface area contributed by atoms with E-state index in [9.17, 15) is 40.5 Å². The topological polar surface area (TPSA) is 189 Å². The molecule has 9 unspecified atom stereocenters. The van der Waals surface area contributed by atoms with E-state index in [1.165, 1.54) is 173 Å². The van der Waals surface area contributed by atoms with Gasteiger partial charge < -0.3 is 50.5 Å². The van der Waals surface area contributed by atoms with Crippen LogP contribution in [-0.4, -0.2) is 110 Å². The molecule has 0 bridgehead atoms. The Kier molecular flexibility index (Phi) is 43.4. The van der Waals surface area contributed by atoms with Crippen LogP contribution in [0.25, 0.3) is 0 Å². The number of aliphatic hydroxyl groups excluding tert-OH is 7. The Morgan fingerprint density at radius 2 is 0.896 bits per heavy atom. The zero-order valence-electron chi connectivity index (χ0n) is 43.1. The van der Waals surface area contributed by atoms with Crippen molar-refractivity contribution >= 4 is 5.91 Å². The SMILES string of the molecule is CCCCCCCC/C=C/CC/C=C/CCCC(O)C(O)C(COC1OC(CO)C(O)C(O)C1O)NC(=O)C(O)CCCCCCCCCCCCCCCCCCCCCCCCCCC. The Bertz CT molecular complexity index is 1140. The lowest BCUT2D eigenvalue weighted by atomic mass is 9.98. The fourth-order valence-electron chi connectivity index (χ4n) is 9.11. The summed E-state index contributed by atoms with van der Waals surface area (Å²) in [6.07, 6.45) is 42.4. The predicted molar refractivity (Wildman–Crippen MR) is 275 cm³/mol. The summed E-state index contributed by atoms with van der Waals surface area (Å²) in [7, 11) is 0. The maximum absolute atomic E-state index is 13.2. The van der Waals surface area contributed by atoms with Gasteiger partial charge in [-0.2, -0.15) is 0 Å². The van der Waals surface area contributed by atoms with E-state index >= 15 is 0 Å². The van der Waals surface area contributed by atoms with Gasteiger partial charge in [0.05, 0.1) is 25.4 Å². The Hall–Kier alpha value is -1.41. The Morgan fingerprint density at radius 3 is 1.33 bits per heavy atom. The lowest BCUT2D eigenvalue weighted by Crippen LogP contribution is -2.60. The molecule has 0 radical (unpaired) electrons. The van der Waals surface area contributed by atoms with Crippen molar-refractivity contribution < 1.29 is 50.0 Å². The van der Waals surface area contributed by atoms with Crippen molar-refractivity contribution in [2.45, 2.75) is 313 Å². The van der Waals surface area contributed by atoms with Crippen LogP contribution >= 0.6 is 0 Å². The number of hydrogen-bond donors (Lipinski definition) is 8. The van der Waals surface area contributed by atoms with Gasteiger partial charge in [-0.25, -0.2) is 0 Å². The van der Waals surface area contributed by atoms with Crippen molar-refractivity contribution in [2.24, 2.45) is 0 Å². The summed E-state index contributed by atoms with van der Waals surface area (Å²) < 4.78 is 11.1. The van der Waals surface area contributed by atoms with E-state index in [4.69, 9.17) is 9.47 Å². The molecule has 1 fully saturated rings. The van der Waals surface area contributed by atoms with Crippen LogP contribution in [0, 0.1) is 0 Å². The van der Waals surface area contributed by atoms with E-state index in [0.717, 1.165) is 38.5 Å². The zero-order chi connectivity index (χ0) is 49.0. The lowest BCUT2D eigenvalue weighted by molar-refractivity contribution is -0.303. The Labute approximate surface area is 410 Å². The molecule has 67 heavy (non-hydrogen) atoms. The maximum Gasteiger partial charge on any atom is 0.249 e. The van der Waals surface area contributed by atoms with E-state index in [1.807, 2.05) is 0 Å². The molecule has 1 heterocycles. The van der Waals surface area contributed by atoms with Gasteiger partial charge in [0.25, 0.3) is 0 Å². The zero-order valence-corrected chi connectivity index (χ0v) is 43.1. The highest BCUT2D eigenvalue weighted by molar-refractivity contribution is 5.80. The predicted octanol–water partition coefficient (Wildman–Crippen LogP) is 11.3. The van der Waals surface area contributed by atoms with Crippen LogP contribution in [0.4, 0.5) is 0 Å². The number of ether oxygens (including phenoxy) is 2. The highest BCUT2D eigenvalue weighted by Gasteiger charge is 2.44. The van der Waals surface area contributed by atoms with Crippen LogP contribution in [0.3, 0.4) is 0 Å². The van der Waals surface area contributed by atoms with Crippen LogP contribution in [0.15, 0.2) is 24.3 Å². The third-order valence-corrected chi connectivity index (χ3v) is 13.7. The fraction of sp³-hybridized carbons (Fsp3) is 0.911. The van der Waals surface area contributed by atoms with Crippen LogP contribution in [-0.2, 0) is 14.3 Å². The van der Waals surface area contributed by atoms with Crippen molar-refractivity contribution in [1.82, 2.24) is 5.32 Å². The second-order valence-electron chi connectivity index (χ2n) is 20.0.